The van der Waals surface area contributed by atoms with Crippen molar-refractivity contribution in [1.29, 1.82) is 0 Å². The number of amides is 1. The summed E-state index contributed by atoms with van der Waals surface area (Å²) in [5.74, 6) is -0.0228. The summed E-state index contributed by atoms with van der Waals surface area (Å²) < 4.78 is 6.52. The first-order valence-corrected chi connectivity index (χ1v) is 16.0. The van der Waals surface area contributed by atoms with Crippen molar-refractivity contribution in [1.82, 2.24) is 15.5 Å². The van der Waals surface area contributed by atoms with Crippen LogP contribution in [0.15, 0.2) is 60.9 Å². The van der Waals surface area contributed by atoms with Crippen LogP contribution in [-0.2, 0) is 16.1 Å². The molecule has 2 aromatic carbocycles. The topological polar surface area (TPSA) is 101 Å². The molecule has 1 aliphatic carbocycles. The molecule has 9 heteroatoms. The van der Waals surface area contributed by atoms with Gasteiger partial charge in [-0.3, -0.25) is 4.79 Å². The van der Waals surface area contributed by atoms with Gasteiger partial charge in [0.2, 0.25) is 0 Å². The Bertz CT molecular complexity index is 1290. The normalized spacial score (nSPS) is 14.9. The molecule has 0 aliphatic heterocycles. The number of hydrogen-bond acceptors (Lipinski definition) is 6. The van der Waals surface area contributed by atoms with Gasteiger partial charge in [0, 0.05) is 17.3 Å². The predicted molar refractivity (Wildman–Crippen MR) is 165 cm³/mol. The van der Waals surface area contributed by atoms with Crippen LogP contribution in [0.25, 0.3) is 11.1 Å². The fourth-order valence-electron chi connectivity index (χ4n) is 5.60. The number of aryl methyl sites for hydroxylation is 1. The molecular formula is C33H42LiN3O4S. The Kier molecular flexibility index (Phi) is 14.1. The Morgan fingerprint density at radius 3 is 2.55 bits per heavy atom. The monoisotopic (exact) mass is 583 g/mol. The van der Waals surface area contributed by atoms with Crippen molar-refractivity contribution in [2.24, 2.45) is 5.92 Å². The fraction of sp³-hybridized carbons (Fsp3) is 0.455. The maximum absolute atomic E-state index is 13.4. The summed E-state index contributed by atoms with van der Waals surface area (Å²) in [6.07, 6.45) is 14.3. The summed E-state index contributed by atoms with van der Waals surface area (Å²) in [6.45, 7) is 2.39. The van der Waals surface area contributed by atoms with Crippen LogP contribution in [-0.4, -0.2) is 45.2 Å². The quantitative estimate of drug-likeness (QED) is 0.275. The van der Waals surface area contributed by atoms with Crippen LogP contribution in [0.4, 0.5) is 0 Å². The SMILES string of the molecule is CSCCC(NC(=O)c1ccc(COC(CCC2CCCCC2)c2ccnnc2)cc1-c1ccccc1C)C(=O)O.[H-].[Li+]. The Hall–Kier alpha value is -2.63. The number of nitrogens with one attached hydrogen (secondary N) is 1. The van der Waals surface area contributed by atoms with Crippen molar-refractivity contribution in [2.45, 2.75) is 77.0 Å². The summed E-state index contributed by atoms with van der Waals surface area (Å²) in [5, 5.41) is 20.4. The fourth-order valence-corrected chi connectivity index (χ4v) is 6.07. The van der Waals surface area contributed by atoms with E-state index in [0.29, 0.717) is 24.3 Å². The zero-order chi connectivity index (χ0) is 29.0. The van der Waals surface area contributed by atoms with Crippen LogP contribution in [0.2, 0.25) is 0 Å². The average Bonchev–Trinajstić information content (AvgIpc) is 3.00. The Morgan fingerprint density at radius 2 is 1.86 bits per heavy atom. The number of aromatic nitrogens is 2. The molecule has 0 spiro atoms. The van der Waals surface area contributed by atoms with Crippen LogP contribution >= 0.6 is 11.8 Å². The van der Waals surface area contributed by atoms with E-state index in [9.17, 15) is 14.7 Å². The molecule has 3 aromatic rings. The third-order valence-electron chi connectivity index (χ3n) is 7.97. The summed E-state index contributed by atoms with van der Waals surface area (Å²) in [7, 11) is 0. The van der Waals surface area contributed by atoms with Crippen molar-refractivity contribution in [2.75, 3.05) is 12.0 Å². The molecule has 0 radical (unpaired) electrons. The van der Waals surface area contributed by atoms with E-state index in [1.54, 1.807) is 30.2 Å². The maximum Gasteiger partial charge on any atom is 1.00 e. The van der Waals surface area contributed by atoms with Gasteiger partial charge in [-0.05, 0) is 84.6 Å². The van der Waals surface area contributed by atoms with E-state index in [4.69, 9.17) is 4.74 Å². The minimum absolute atomic E-state index is 0. The van der Waals surface area contributed by atoms with E-state index in [1.165, 1.54) is 32.1 Å². The van der Waals surface area contributed by atoms with E-state index < -0.39 is 17.9 Å². The molecule has 1 heterocycles. The summed E-state index contributed by atoms with van der Waals surface area (Å²) in [6, 6.07) is 14.6. The first-order valence-electron chi connectivity index (χ1n) is 14.6. The number of ether oxygens (including phenoxy) is 1. The number of carboxylic acids is 1. The molecule has 2 unspecified atom stereocenters. The van der Waals surface area contributed by atoms with E-state index in [-0.39, 0.29) is 26.4 Å². The smallest absolute Gasteiger partial charge is 1.00 e. The van der Waals surface area contributed by atoms with Crippen LogP contribution in [0.5, 0.6) is 0 Å². The molecular weight excluding hydrogens is 541 g/mol. The van der Waals surface area contributed by atoms with Gasteiger partial charge in [0.1, 0.15) is 6.04 Å². The van der Waals surface area contributed by atoms with E-state index in [2.05, 4.69) is 15.5 Å². The molecule has 220 valence electrons. The number of carbonyl (C=O) groups excluding carboxylic acids is 1. The average molecular weight is 584 g/mol. The van der Waals surface area contributed by atoms with Crippen LogP contribution in [0, 0.1) is 12.8 Å². The number of aliphatic carboxylic acids is 1. The summed E-state index contributed by atoms with van der Waals surface area (Å²) >= 11 is 1.56. The molecule has 0 bridgehead atoms. The van der Waals surface area contributed by atoms with Crippen LogP contribution in [0.1, 0.15) is 85.9 Å². The third-order valence-corrected chi connectivity index (χ3v) is 8.61. The molecule has 1 fully saturated rings. The van der Waals surface area contributed by atoms with Crippen molar-refractivity contribution in [3.8, 4) is 11.1 Å². The number of nitrogens with zero attached hydrogens (tertiary/aromatic N) is 2. The molecule has 4 rings (SSSR count). The largest absolute Gasteiger partial charge is 1.00 e. The minimum Gasteiger partial charge on any atom is -1.00 e. The second-order valence-electron chi connectivity index (χ2n) is 10.9. The maximum atomic E-state index is 13.4. The van der Waals surface area contributed by atoms with Gasteiger partial charge in [-0.2, -0.15) is 22.0 Å². The molecule has 1 saturated carbocycles. The van der Waals surface area contributed by atoms with Gasteiger partial charge in [-0.1, -0.05) is 62.4 Å². The molecule has 42 heavy (non-hydrogen) atoms. The van der Waals surface area contributed by atoms with Gasteiger partial charge in [-0.15, -0.1) is 0 Å². The molecule has 0 saturated heterocycles. The molecule has 7 nitrogen and oxygen atoms in total. The predicted octanol–water partition coefficient (Wildman–Crippen LogP) is 4.12. The Balaban J connectivity index is 0.00000323. The molecule has 2 atom stereocenters. The van der Waals surface area contributed by atoms with E-state index in [0.717, 1.165) is 46.6 Å². The van der Waals surface area contributed by atoms with Gasteiger partial charge in [0.05, 0.1) is 18.9 Å². The molecule has 1 amide bonds. The van der Waals surface area contributed by atoms with Crippen molar-refractivity contribution >= 4 is 23.6 Å². The van der Waals surface area contributed by atoms with Gasteiger partial charge >= 0.3 is 24.8 Å². The third kappa shape index (κ3) is 9.70. The Labute approximate surface area is 267 Å². The van der Waals surface area contributed by atoms with Gasteiger partial charge < -0.3 is 16.6 Å². The van der Waals surface area contributed by atoms with Crippen LogP contribution in [0.3, 0.4) is 0 Å². The Morgan fingerprint density at radius 1 is 1.07 bits per heavy atom. The number of rotatable bonds is 14. The van der Waals surface area contributed by atoms with Gasteiger partial charge in [0.25, 0.3) is 5.91 Å². The number of hydrogen-bond donors (Lipinski definition) is 2. The number of carboxylic acid groups (broad SMARTS) is 1. The summed E-state index contributed by atoms with van der Waals surface area (Å²) in [4.78, 5) is 25.2. The van der Waals surface area contributed by atoms with Crippen molar-refractivity contribution in [3.05, 3.63) is 83.2 Å². The second kappa shape index (κ2) is 17.5. The minimum atomic E-state index is -1.03. The molecule has 2 N–H and O–H groups in total. The standard InChI is InChI=1S/C33H41N3O4S.Li.H/c1-23-8-6-7-11-27(23)29-20-25(12-14-28(29)32(37)36-30(33(38)39)17-19-41-2)22-40-31(26-16-18-34-35-21-26)15-13-24-9-4-3-5-10-24;;/h6-8,11-12,14,16,18,20-21,24,30-31H,3-5,9-10,13,15,17,19,22H2,1-2H3,(H,36,37)(H,38,39);;/q;+1;-1. The number of carbonyl (C=O) groups is 2. The first-order chi connectivity index (χ1) is 20.0. The molecule has 1 aromatic heterocycles. The second-order valence-corrected chi connectivity index (χ2v) is 11.9. The van der Waals surface area contributed by atoms with E-state index in [1.807, 2.05) is 55.6 Å². The zero-order valence-corrected chi connectivity index (χ0v) is 25.9. The molecule has 1 aliphatic rings. The number of thioether (sulfide) groups is 1. The zero-order valence-electron chi connectivity index (χ0n) is 26.1. The number of benzene rings is 2. The van der Waals surface area contributed by atoms with E-state index >= 15 is 0 Å². The van der Waals surface area contributed by atoms with Gasteiger partial charge in [0.15, 0.2) is 0 Å². The van der Waals surface area contributed by atoms with Gasteiger partial charge in [-0.25, -0.2) is 4.79 Å². The van der Waals surface area contributed by atoms with Crippen molar-refractivity contribution in [3.63, 3.8) is 0 Å². The van der Waals surface area contributed by atoms with Crippen molar-refractivity contribution < 1.29 is 39.7 Å². The summed E-state index contributed by atoms with van der Waals surface area (Å²) in [5.41, 5.74) is 5.15. The van der Waals surface area contributed by atoms with Crippen LogP contribution < -0.4 is 24.2 Å². The first kappa shape index (κ1) is 33.9.